The van der Waals surface area contributed by atoms with Gasteiger partial charge in [-0.3, -0.25) is 0 Å². The van der Waals surface area contributed by atoms with E-state index < -0.39 is 5.97 Å². The van der Waals surface area contributed by atoms with Crippen molar-refractivity contribution in [2.75, 3.05) is 13.7 Å². The standard InChI is InChI=1S/C22H20O4S/c1-25-18-10-9-17(14-19(22(23)24)21-8-5-13-27-21)20(15-18)26-12-11-16-6-3-2-4-7-16/h2-10,13-15H,11-12H2,1H3,(H,23,24)/b19-14-. The molecule has 3 rings (SSSR count). The molecular weight excluding hydrogens is 360 g/mol. The van der Waals surface area contributed by atoms with E-state index in [0.29, 0.717) is 28.5 Å². The number of rotatable bonds is 8. The van der Waals surface area contributed by atoms with Gasteiger partial charge in [0.2, 0.25) is 0 Å². The quantitative estimate of drug-likeness (QED) is 0.559. The summed E-state index contributed by atoms with van der Waals surface area (Å²) in [5.41, 5.74) is 2.13. The molecule has 27 heavy (non-hydrogen) atoms. The van der Waals surface area contributed by atoms with Crippen molar-refractivity contribution >= 4 is 29.0 Å². The highest BCUT2D eigenvalue weighted by Gasteiger charge is 2.14. The molecule has 0 saturated carbocycles. The molecule has 0 amide bonds. The maximum Gasteiger partial charge on any atom is 0.337 e. The van der Waals surface area contributed by atoms with Crippen LogP contribution < -0.4 is 9.47 Å². The minimum atomic E-state index is -0.969. The Hall–Kier alpha value is -3.05. The first-order chi connectivity index (χ1) is 13.2. The minimum Gasteiger partial charge on any atom is -0.497 e. The van der Waals surface area contributed by atoms with Gasteiger partial charge in [-0.2, -0.15) is 0 Å². The van der Waals surface area contributed by atoms with Gasteiger partial charge in [0.25, 0.3) is 0 Å². The first-order valence-corrected chi connectivity index (χ1v) is 9.39. The number of aliphatic carboxylic acids is 1. The zero-order valence-electron chi connectivity index (χ0n) is 14.9. The van der Waals surface area contributed by atoms with E-state index in [4.69, 9.17) is 9.47 Å². The summed E-state index contributed by atoms with van der Waals surface area (Å²) in [5.74, 6) is 0.291. The van der Waals surface area contributed by atoms with E-state index in [1.165, 1.54) is 16.9 Å². The van der Waals surface area contributed by atoms with Crippen LogP contribution in [-0.4, -0.2) is 24.8 Å². The molecule has 0 saturated heterocycles. The van der Waals surface area contributed by atoms with Gasteiger partial charge in [-0.25, -0.2) is 4.79 Å². The number of hydrogen-bond donors (Lipinski definition) is 1. The van der Waals surface area contributed by atoms with Crippen LogP contribution in [0.2, 0.25) is 0 Å². The topological polar surface area (TPSA) is 55.8 Å². The second kappa shape index (κ2) is 9.05. The Morgan fingerprint density at radius 3 is 2.59 bits per heavy atom. The number of methoxy groups -OCH3 is 1. The van der Waals surface area contributed by atoms with Gasteiger partial charge in [0, 0.05) is 22.9 Å². The summed E-state index contributed by atoms with van der Waals surface area (Å²) in [6.07, 6.45) is 2.41. The largest absolute Gasteiger partial charge is 0.497 e. The fourth-order valence-corrected chi connectivity index (χ4v) is 3.37. The van der Waals surface area contributed by atoms with Crippen LogP contribution in [0.25, 0.3) is 11.6 Å². The summed E-state index contributed by atoms with van der Waals surface area (Å²) in [6.45, 7) is 0.486. The lowest BCUT2D eigenvalue weighted by Crippen LogP contribution is -2.03. The molecule has 0 unspecified atom stereocenters. The van der Waals surface area contributed by atoms with Gasteiger partial charge in [0.15, 0.2) is 0 Å². The van der Waals surface area contributed by atoms with Gasteiger partial charge < -0.3 is 14.6 Å². The van der Waals surface area contributed by atoms with Crippen LogP contribution in [-0.2, 0) is 11.2 Å². The second-order valence-corrected chi connectivity index (χ2v) is 6.78. The van der Waals surface area contributed by atoms with Crippen LogP contribution >= 0.6 is 11.3 Å². The highest BCUT2D eigenvalue weighted by molar-refractivity contribution is 7.11. The average Bonchev–Trinajstić information content (AvgIpc) is 3.21. The summed E-state index contributed by atoms with van der Waals surface area (Å²) < 4.78 is 11.3. The van der Waals surface area contributed by atoms with Crippen LogP contribution in [0.1, 0.15) is 16.0 Å². The molecule has 3 aromatic rings. The van der Waals surface area contributed by atoms with Crippen LogP contribution in [0.15, 0.2) is 66.0 Å². The van der Waals surface area contributed by atoms with E-state index in [2.05, 4.69) is 12.1 Å². The van der Waals surface area contributed by atoms with Crippen LogP contribution in [0.4, 0.5) is 0 Å². The van der Waals surface area contributed by atoms with Crippen molar-refractivity contribution < 1.29 is 19.4 Å². The van der Waals surface area contributed by atoms with Gasteiger partial charge >= 0.3 is 5.97 Å². The monoisotopic (exact) mass is 380 g/mol. The Kier molecular flexibility index (Phi) is 6.28. The average molecular weight is 380 g/mol. The Bertz CT molecular complexity index is 915. The van der Waals surface area contributed by atoms with Crippen molar-refractivity contribution in [2.45, 2.75) is 6.42 Å². The van der Waals surface area contributed by atoms with Crippen molar-refractivity contribution in [1.82, 2.24) is 0 Å². The predicted molar refractivity (Wildman–Crippen MR) is 108 cm³/mol. The Balaban J connectivity index is 1.86. The summed E-state index contributed by atoms with van der Waals surface area (Å²) in [5, 5.41) is 11.5. The summed E-state index contributed by atoms with van der Waals surface area (Å²) in [7, 11) is 1.59. The van der Waals surface area contributed by atoms with Crippen LogP contribution in [0, 0.1) is 0 Å². The second-order valence-electron chi connectivity index (χ2n) is 5.83. The number of benzene rings is 2. The molecule has 0 aliphatic carbocycles. The maximum absolute atomic E-state index is 11.7. The number of carboxylic acids is 1. The number of ether oxygens (including phenoxy) is 2. The lowest BCUT2D eigenvalue weighted by Gasteiger charge is -2.12. The van der Waals surface area contributed by atoms with E-state index in [1.54, 1.807) is 31.4 Å². The van der Waals surface area contributed by atoms with Gasteiger partial charge in [-0.05, 0) is 35.2 Å². The molecule has 1 aromatic heterocycles. The van der Waals surface area contributed by atoms with Gasteiger partial charge in [-0.15, -0.1) is 11.3 Å². The molecule has 1 N–H and O–H groups in total. The molecule has 0 fully saturated rings. The highest BCUT2D eigenvalue weighted by Crippen LogP contribution is 2.30. The van der Waals surface area contributed by atoms with Crippen molar-refractivity contribution in [3.8, 4) is 11.5 Å². The third-order valence-electron chi connectivity index (χ3n) is 4.03. The molecular formula is C22H20O4S. The normalized spacial score (nSPS) is 11.2. The first kappa shape index (κ1) is 18.7. The summed E-state index contributed by atoms with van der Waals surface area (Å²) in [4.78, 5) is 12.4. The number of thiophene rings is 1. The molecule has 1 heterocycles. The molecule has 2 aromatic carbocycles. The van der Waals surface area contributed by atoms with E-state index >= 15 is 0 Å². The highest BCUT2D eigenvalue weighted by atomic mass is 32.1. The van der Waals surface area contributed by atoms with Crippen molar-refractivity contribution in [2.24, 2.45) is 0 Å². The third kappa shape index (κ3) is 4.99. The molecule has 5 heteroatoms. The van der Waals surface area contributed by atoms with Gasteiger partial charge in [0.1, 0.15) is 11.5 Å². The van der Waals surface area contributed by atoms with Gasteiger partial charge in [0.05, 0.1) is 19.3 Å². The van der Waals surface area contributed by atoms with E-state index in [-0.39, 0.29) is 5.57 Å². The first-order valence-electron chi connectivity index (χ1n) is 8.51. The lowest BCUT2D eigenvalue weighted by atomic mass is 10.1. The van der Waals surface area contributed by atoms with E-state index in [0.717, 1.165) is 6.42 Å². The SMILES string of the molecule is COc1ccc(/C=C(\C(=O)O)c2cccs2)c(OCCc2ccccc2)c1. The third-order valence-corrected chi connectivity index (χ3v) is 4.93. The Morgan fingerprint density at radius 2 is 1.93 bits per heavy atom. The molecule has 0 aliphatic heterocycles. The molecule has 4 nitrogen and oxygen atoms in total. The summed E-state index contributed by atoms with van der Waals surface area (Å²) in [6, 6.07) is 19.1. The maximum atomic E-state index is 11.7. The van der Waals surface area contributed by atoms with Gasteiger partial charge in [-0.1, -0.05) is 36.4 Å². The minimum absolute atomic E-state index is 0.239. The zero-order valence-corrected chi connectivity index (χ0v) is 15.7. The van der Waals surface area contributed by atoms with Crippen molar-refractivity contribution in [3.63, 3.8) is 0 Å². The fraction of sp³-hybridized carbons (Fsp3) is 0.136. The predicted octanol–water partition coefficient (Wildman–Crippen LogP) is 5.00. The molecule has 0 radical (unpaired) electrons. The lowest BCUT2D eigenvalue weighted by molar-refractivity contribution is -0.130. The van der Waals surface area contributed by atoms with Crippen LogP contribution in [0.3, 0.4) is 0 Å². The smallest absolute Gasteiger partial charge is 0.337 e. The summed E-state index contributed by atoms with van der Waals surface area (Å²) >= 11 is 1.39. The number of hydrogen-bond acceptors (Lipinski definition) is 4. The van der Waals surface area contributed by atoms with Crippen molar-refractivity contribution in [1.29, 1.82) is 0 Å². The molecule has 0 spiro atoms. The van der Waals surface area contributed by atoms with Crippen LogP contribution in [0.5, 0.6) is 11.5 Å². The fourth-order valence-electron chi connectivity index (χ4n) is 2.63. The van der Waals surface area contributed by atoms with E-state index in [9.17, 15) is 9.90 Å². The molecule has 138 valence electrons. The van der Waals surface area contributed by atoms with E-state index in [1.807, 2.05) is 35.7 Å². The molecule has 0 atom stereocenters. The zero-order chi connectivity index (χ0) is 19.1. The molecule has 0 bridgehead atoms. The van der Waals surface area contributed by atoms with Crippen molar-refractivity contribution in [3.05, 3.63) is 82.0 Å². The Morgan fingerprint density at radius 1 is 1.11 bits per heavy atom. The Labute approximate surface area is 162 Å². The number of carbonyl (C=O) groups is 1. The molecule has 0 aliphatic rings. The number of carboxylic acid groups (broad SMARTS) is 1.